The van der Waals surface area contributed by atoms with E-state index in [0.717, 1.165) is 12.2 Å². The third kappa shape index (κ3) is 1.49. The summed E-state index contributed by atoms with van der Waals surface area (Å²) in [6, 6.07) is 8.01. The van der Waals surface area contributed by atoms with Gasteiger partial charge in [-0.3, -0.25) is 0 Å². The Hall–Kier alpha value is -1.06. The van der Waals surface area contributed by atoms with Crippen molar-refractivity contribution in [1.82, 2.24) is 0 Å². The summed E-state index contributed by atoms with van der Waals surface area (Å²) in [5.74, 6) is 0.952. The van der Waals surface area contributed by atoms with E-state index in [2.05, 4.69) is 6.07 Å². The second-order valence-corrected chi connectivity index (χ2v) is 3.66. The first kappa shape index (κ1) is 9.49. The van der Waals surface area contributed by atoms with Crippen molar-refractivity contribution in [1.29, 1.82) is 0 Å². The topological polar surface area (TPSA) is 44.5 Å². The summed E-state index contributed by atoms with van der Waals surface area (Å²) in [5, 5.41) is 0. The predicted octanol–water partition coefficient (Wildman–Crippen LogP) is 0.965. The van der Waals surface area contributed by atoms with Gasteiger partial charge in [0.15, 0.2) is 0 Å². The fourth-order valence-corrected chi connectivity index (χ4v) is 1.74. The highest BCUT2D eigenvalue weighted by Gasteiger charge is 2.34. The lowest BCUT2D eigenvalue weighted by Gasteiger charge is -2.35. The van der Waals surface area contributed by atoms with Gasteiger partial charge in [0.25, 0.3) is 0 Å². The molecule has 3 heteroatoms. The molecule has 14 heavy (non-hydrogen) atoms. The number of hydrogen-bond acceptors (Lipinski definition) is 3. The normalized spacial score (nSPS) is 25.3. The van der Waals surface area contributed by atoms with Crippen molar-refractivity contribution in [3.05, 3.63) is 29.8 Å². The molecule has 2 rings (SSSR count). The molecule has 0 bridgehead atoms. The van der Waals surface area contributed by atoms with E-state index in [9.17, 15) is 0 Å². The molecule has 0 saturated heterocycles. The van der Waals surface area contributed by atoms with Gasteiger partial charge in [-0.05, 0) is 11.6 Å². The third-order valence-corrected chi connectivity index (χ3v) is 2.78. The third-order valence-electron chi connectivity index (χ3n) is 2.78. The number of ether oxygens (including phenoxy) is 2. The first-order valence-electron chi connectivity index (χ1n) is 4.75. The summed E-state index contributed by atoms with van der Waals surface area (Å²) in [5.41, 5.74) is 6.53. The molecule has 0 radical (unpaired) electrons. The number of para-hydroxylation sites is 1. The lowest BCUT2D eigenvalue weighted by Crippen LogP contribution is -2.49. The lowest BCUT2D eigenvalue weighted by molar-refractivity contribution is -0.0465. The standard InChI is InChI=1S/C11H15NO2/c1-13-11(7-12)6-9-4-2-3-5-10(9)14-8-11/h2-5H,6-8,12H2,1H3. The fraction of sp³-hybridized carbons (Fsp3) is 0.455. The maximum Gasteiger partial charge on any atom is 0.122 e. The second kappa shape index (κ2) is 3.59. The summed E-state index contributed by atoms with van der Waals surface area (Å²) < 4.78 is 11.1. The number of benzene rings is 1. The molecule has 1 atom stereocenters. The summed E-state index contributed by atoms with van der Waals surface area (Å²) in [4.78, 5) is 0. The first-order chi connectivity index (χ1) is 6.79. The van der Waals surface area contributed by atoms with Crippen molar-refractivity contribution in [3.8, 4) is 5.75 Å². The van der Waals surface area contributed by atoms with Crippen LogP contribution in [-0.4, -0.2) is 25.9 Å². The maximum atomic E-state index is 5.70. The van der Waals surface area contributed by atoms with Gasteiger partial charge in [-0.25, -0.2) is 0 Å². The first-order valence-corrected chi connectivity index (χ1v) is 4.75. The number of methoxy groups -OCH3 is 1. The molecule has 0 amide bonds. The monoisotopic (exact) mass is 193 g/mol. The number of fused-ring (bicyclic) bond motifs is 1. The van der Waals surface area contributed by atoms with Gasteiger partial charge in [-0.15, -0.1) is 0 Å². The maximum absolute atomic E-state index is 5.70. The number of nitrogens with two attached hydrogens (primary N) is 1. The lowest BCUT2D eigenvalue weighted by atomic mass is 9.92. The van der Waals surface area contributed by atoms with Gasteiger partial charge >= 0.3 is 0 Å². The van der Waals surface area contributed by atoms with E-state index in [4.69, 9.17) is 15.2 Å². The van der Waals surface area contributed by atoms with E-state index in [0.29, 0.717) is 13.2 Å². The Morgan fingerprint density at radius 3 is 3.00 bits per heavy atom. The molecule has 0 spiro atoms. The van der Waals surface area contributed by atoms with Gasteiger partial charge in [-0.2, -0.15) is 0 Å². The zero-order valence-corrected chi connectivity index (χ0v) is 8.32. The van der Waals surface area contributed by atoms with E-state index >= 15 is 0 Å². The van der Waals surface area contributed by atoms with Crippen LogP contribution < -0.4 is 10.5 Å². The van der Waals surface area contributed by atoms with Crippen LogP contribution >= 0.6 is 0 Å². The van der Waals surface area contributed by atoms with Crippen LogP contribution in [0, 0.1) is 0 Å². The van der Waals surface area contributed by atoms with Crippen molar-refractivity contribution >= 4 is 0 Å². The number of hydrogen-bond donors (Lipinski definition) is 1. The van der Waals surface area contributed by atoms with E-state index in [-0.39, 0.29) is 5.60 Å². The molecule has 0 saturated carbocycles. The summed E-state index contributed by atoms with van der Waals surface area (Å²) in [7, 11) is 1.68. The molecule has 2 N–H and O–H groups in total. The minimum Gasteiger partial charge on any atom is -0.490 e. The second-order valence-electron chi connectivity index (χ2n) is 3.66. The van der Waals surface area contributed by atoms with E-state index in [1.165, 1.54) is 5.56 Å². The molecular formula is C11H15NO2. The Morgan fingerprint density at radius 2 is 2.29 bits per heavy atom. The Labute approximate surface area is 83.8 Å². The quantitative estimate of drug-likeness (QED) is 0.761. The molecule has 0 aliphatic carbocycles. The minimum atomic E-state index is -0.339. The Bertz CT molecular complexity index is 321. The van der Waals surface area contributed by atoms with Crippen molar-refractivity contribution in [2.75, 3.05) is 20.3 Å². The minimum absolute atomic E-state index is 0.339. The zero-order chi connectivity index (χ0) is 10.0. The summed E-state index contributed by atoms with van der Waals surface area (Å²) >= 11 is 0. The SMILES string of the molecule is COC1(CN)COc2ccccc2C1. The Balaban J connectivity index is 2.28. The molecular weight excluding hydrogens is 178 g/mol. The van der Waals surface area contributed by atoms with Crippen LogP contribution in [0.25, 0.3) is 0 Å². The summed E-state index contributed by atoms with van der Waals surface area (Å²) in [6.45, 7) is 1.02. The van der Waals surface area contributed by atoms with Crippen LogP contribution in [0.1, 0.15) is 5.56 Å². The molecule has 1 aliphatic rings. The average Bonchev–Trinajstić information content (AvgIpc) is 2.28. The smallest absolute Gasteiger partial charge is 0.122 e. The zero-order valence-electron chi connectivity index (χ0n) is 8.32. The van der Waals surface area contributed by atoms with Crippen molar-refractivity contribution < 1.29 is 9.47 Å². The van der Waals surface area contributed by atoms with Crippen molar-refractivity contribution in [2.24, 2.45) is 5.73 Å². The molecule has 76 valence electrons. The highest BCUT2D eigenvalue weighted by molar-refractivity contribution is 5.36. The Morgan fingerprint density at radius 1 is 1.50 bits per heavy atom. The molecule has 1 aromatic rings. The van der Waals surface area contributed by atoms with Gasteiger partial charge in [-0.1, -0.05) is 18.2 Å². The van der Waals surface area contributed by atoms with Crippen LogP contribution in [-0.2, 0) is 11.2 Å². The highest BCUT2D eigenvalue weighted by atomic mass is 16.5. The van der Waals surface area contributed by atoms with E-state index in [1.54, 1.807) is 7.11 Å². The van der Waals surface area contributed by atoms with Gasteiger partial charge < -0.3 is 15.2 Å². The number of rotatable bonds is 2. The van der Waals surface area contributed by atoms with Gasteiger partial charge in [0.05, 0.1) is 0 Å². The largest absolute Gasteiger partial charge is 0.490 e. The van der Waals surface area contributed by atoms with Crippen LogP contribution in [0.3, 0.4) is 0 Å². The van der Waals surface area contributed by atoms with Crippen LogP contribution in [0.4, 0.5) is 0 Å². The van der Waals surface area contributed by atoms with Crippen LogP contribution in [0.15, 0.2) is 24.3 Å². The molecule has 0 fully saturated rings. The average molecular weight is 193 g/mol. The molecule has 1 aromatic carbocycles. The highest BCUT2D eigenvalue weighted by Crippen LogP contribution is 2.30. The van der Waals surface area contributed by atoms with E-state index in [1.807, 2.05) is 18.2 Å². The Kier molecular flexibility index (Phi) is 2.44. The van der Waals surface area contributed by atoms with Gasteiger partial charge in [0.2, 0.25) is 0 Å². The van der Waals surface area contributed by atoms with Crippen LogP contribution in [0.5, 0.6) is 5.75 Å². The molecule has 1 aliphatic heterocycles. The molecule has 0 aromatic heterocycles. The van der Waals surface area contributed by atoms with Gasteiger partial charge in [0.1, 0.15) is 18.0 Å². The molecule has 1 heterocycles. The summed E-state index contributed by atoms with van der Waals surface area (Å²) in [6.07, 6.45) is 0.830. The molecule has 3 nitrogen and oxygen atoms in total. The van der Waals surface area contributed by atoms with Crippen LogP contribution in [0.2, 0.25) is 0 Å². The fourth-order valence-electron chi connectivity index (χ4n) is 1.74. The molecule has 1 unspecified atom stereocenters. The van der Waals surface area contributed by atoms with E-state index < -0.39 is 0 Å². The van der Waals surface area contributed by atoms with Gasteiger partial charge in [0, 0.05) is 20.1 Å². The van der Waals surface area contributed by atoms with Crippen molar-refractivity contribution in [2.45, 2.75) is 12.0 Å². The van der Waals surface area contributed by atoms with Crippen molar-refractivity contribution in [3.63, 3.8) is 0 Å². The predicted molar refractivity (Wildman–Crippen MR) is 54.4 cm³/mol.